The summed E-state index contributed by atoms with van der Waals surface area (Å²) >= 11 is 0. The summed E-state index contributed by atoms with van der Waals surface area (Å²) in [4.78, 5) is 21.6. The minimum Gasteiger partial charge on any atom is -0.392 e. The zero-order chi connectivity index (χ0) is 19.3. The van der Waals surface area contributed by atoms with Gasteiger partial charge in [-0.15, -0.1) is 0 Å². The van der Waals surface area contributed by atoms with Crippen LogP contribution in [0.15, 0.2) is 48.7 Å². The first kappa shape index (κ1) is 18.9. The molecular weight excluding hydrogens is 350 g/mol. The largest absolute Gasteiger partial charge is 0.392 e. The highest BCUT2D eigenvalue weighted by atomic mass is 16.3. The molecule has 1 amide bonds. The fraction of sp³-hybridized carbons (Fsp3) is 0.478. The van der Waals surface area contributed by atoms with Gasteiger partial charge in [-0.05, 0) is 55.7 Å². The summed E-state index contributed by atoms with van der Waals surface area (Å²) in [5.74, 6) is 1.19. The molecule has 28 heavy (non-hydrogen) atoms. The standard InChI is InChI=1S/C23H29N3O2/c27-21(17-18-7-2-1-3-8-18)19-10-15-25(16-11-19)22-20(9-6-12-24-22)23(28)26-13-4-5-14-26/h1-3,6-9,12,19,21,27H,4-5,10-11,13-17H2. The Morgan fingerprint density at radius 1 is 1.04 bits per heavy atom. The third kappa shape index (κ3) is 4.20. The summed E-state index contributed by atoms with van der Waals surface area (Å²) in [6.07, 6.45) is 6.17. The normalized spacial score (nSPS) is 19.0. The quantitative estimate of drug-likeness (QED) is 0.867. The smallest absolute Gasteiger partial charge is 0.257 e. The van der Waals surface area contributed by atoms with Crippen LogP contribution < -0.4 is 4.90 Å². The van der Waals surface area contributed by atoms with Gasteiger partial charge in [0.1, 0.15) is 5.82 Å². The molecule has 1 unspecified atom stereocenters. The highest BCUT2D eigenvalue weighted by molar-refractivity contribution is 5.99. The zero-order valence-electron chi connectivity index (χ0n) is 16.3. The van der Waals surface area contributed by atoms with Crippen LogP contribution in [0.5, 0.6) is 0 Å². The minimum atomic E-state index is -0.320. The number of hydrogen-bond acceptors (Lipinski definition) is 4. The van der Waals surface area contributed by atoms with E-state index in [2.05, 4.69) is 22.0 Å². The summed E-state index contributed by atoms with van der Waals surface area (Å²) in [7, 11) is 0. The number of benzene rings is 1. The highest BCUT2D eigenvalue weighted by Gasteiger charge is 2.29. The first-order valence-electron chi connectivity index (χ1n) is 10.4. The molecule has 0 aliphatic carbocycles. The number of carbonyl (C=O) groups excluding carboxylic acids is 1. The van der Waals surface area contributed by atoms with Crippen LogP contribution in [0.4, 0.5) is 5.82 Å². The van der Waals surface area contributed by atoms with Gasteiger partial charge in [0.2, 0.25) is 0 Å². The van der Waals surface area contributed by atoms with Gasteiger partial charge in [-0.2, -0.15) is 0 Å². The third-order valence-corrected chi connectivity index (χ3v) is 6.08. The van der Waals surface area contributed by atoms with Crippen LogP contribution in [0.25, 0.3) is 0 Å². The number of anilines is 1. The number of aliphatic hydroxyl groups is 1. The van der Waals surface area contributed by atoms with Crippen molar-refractivity contribution in [3.05, 3.63) is 59.8 Å². The van der Waals surface area contributed by atoms with E-state index in [1.807, 2.05) is 35.2 Å². The molecule has 5 heteroatoms. The predicted octanol–water partition coefficient (Wildman–Crippen LogP) is 3.14. The van der Waals surface area contributed by atoms with Crippen molar-refractivity contribution in [2.45, 2.75) is 38.2 Å². The minimum absolute atomic E-state index is 0.104. The lowest BCUT2D eigenvalue weighted by molar-refractivity contribution is 0.0791. The lowest BCUT2D eigenvalue weighted by Crippen LogP contribution is -2.40. The molecule has 0 bridgehead atoms. The number of pyridine rings is 1. The Bertz CT molecular complexity index is 781. The van der Waals surface area contributed by atoms with Crippen molar-refractivity contribution in [2.75, 3.05) is 31.1 Å². The molecule has 1 atom stereocenters. The van der Waals surface area contributed by atoms with E-state index in [9.17, 15) is 9.90 Å². The second-order valence-corrected chi connectivity index (χ2v) is 7.96. The van der Waals surface area contributed by atoms with Crippen LogP contribution in [0.1, 0.15) is 41.6 Å². The monoisotopic (exact) mass is 379 g/mol. The molecule has 2 aliphatic heterocycles. The van der Waals surface area contributed by atoms with E-state index in [1.54, 1.807) is 6.20 Å². The third-order valence-electron chi connectivity index (χ3n) is 6.08. The van der Waals surface area contributed by atoms with E-state index >= 15 is 0 Å². The Kier molecular flexibility index (Phi) is 5.91. The summed E-state index contributed by atoms with van der Waals surface area (Å²) < 4.78 is 0. The van der Waals surface area contributed by atoms with Crippen LogP contribution in [0.2, 0.25) is 0 Å². The summed E-state index contributed by atoms with van der Waals surface area (Å²) in [6, 6.07) is 13.9. The van der Waals surface area contributed by atoms with Crippen molar-refractivity contribution in [1.82, 2.24) is 9.88 Å². The number of hydrogen-bond donors (Lipinski definition) is 1. The Hall–Kier alpha value is -2.40. The number of aliphatic hydroxyl groups excluding tert-OH is 1. The van der Waals surface area contributed by atoms with Gasteiger partial charge in [0.05, 0.1) is 11.7 Å². The van der Waals surface area contributed by atoms with E-state index in [0.29, 0.717) is 12.0 Å². The maximum atomic E-state index is 12.9. The van der Waals surface area contributed by atoms with Gasteiger partial charge in [0.15, 0.2) is 0 Å². The Morgan fingerprint density at radius 2 is 1.75 bits per heavy atom. The van der Waals surface area contributed by atoms with Crippen molar-refractivity contribution in [3.63, 3.8) is 0 Å². The second kappa shape index (κ2) is 8.74. The predicted molar refractivity (Wildman–Crippen MR) is 110 cm³/mol. The van der Waals surface area contributed by atoms with Gasteiger partial charge in [-0.25, -0.2) is 4.98 Å². The second-order valence-electron chi connectivity index (χ2n) is 7.96. The SMILES string of the molecule is O=C(c1cccnc1N1CCC(C(O)Cc2ccccc2)CC1)N1CCCC1. The van der Waals surface area contributed by atoms with E-state index in [1.165, 1.54) is 5.56 Å². The molecule has 4 rings (SSSR count). The molecule has 5 nitrogen and oxygen atoms in total. The lowest BCUT2D eigenvalue weighted by atomic mass is 9.88. The van der Waals surface area contributed by atoms with Gasteiger partial charge in [0, 0.05) is 32.4 Å². The van der Waals surface area contributed by atoms with Gasteiger partial charge in [0.25, 0.3) is 5.91 Å². The molecule has 0 saturated carbocycles. The maximum Gasteiger partial charge on any atom is 0.257 e. The molecule has 2 fully saturated rings. The van der Waals surface area contributed by atoms with Crippen LogP contribution in [-0.4, -0.2) is 53.2 Å². The molecule has 2 aliphatic rings. The maximum absolute atomic E-state index is 12.9. The number of likely N-dealkylation sites (tertiary alicyclic amines) is 1. The van der Waals surface area contributed by atoms with E-state index in [4.69, 9.17) is 0 Å². The topological polar surface area (TPSA) is 56.7 Å². The van der Waals surface area contributed by atoms with Crippen LogP contribution >= 0.6 is 0 Å². The average Bonchev–Trinajstić information content (AvgIpc) is 3.29. The molecule has 1 aromatic carbocycles. The average molecular weight is 380 g/mol. The number of aromatic nitrogens is 1. The fourth-order valence-corrected chi connectivity index (χ4v) is 4.42. The Morgan fingerprint density at radius 3 is 2.46 bits per heavy atom. The van der Waals surface area contributed by atoms with Gasteiger partial charge >= 0.3 is 0 Å². The lowest BCUT2D eigenvalue weighted by Gasteiger charge is -2.36. The first-order valence-corrected chi connectivity index (χ1v) is 10.4. The molecule has 0 spiro atoms. The number of nitrogens with zero attached hydrogens (tertiary/aromatic N) is 3. The van der Waals surface area contributed by atoms with Crippen molar-refractivity contribution in [1.29, 1.82) is 0 Å². The Balaban J connectivity index is 1.39. The van der Waals surface area contributed by atoms with Gasteiger partial charge in [-0.1, -0.05) is 30.3 Å². The molecule has 2 saturated heterocycles. The van der Waals surface area contributed by atoms with Crippen LogP contribution in [0.3, 0.4) is 0 Å². The number of rotatable bonds is 5. The summed E-state index contributed by atoms with van der Waals surface area (Å²) in [5, 5.41) is 10.7. The molecular formula is C23H29N3O2. The van der Waals surface area contributed by atoms with E-state index < -0.39 is 0 Å². The van der Waals surface area contributed by atoms with Crippen LogP contribution in [-0.2, 0) is 6.42 Å². The van der Waals surface area contributed by atoms with E-state index in [-0.39, 0.29) is 17.9 Å². The van der Waals surface area contributed by atoms with Gasteiger partial charge < -0.3 is 14.9 Å². The van der Waals surface area contributed by atoms with Crippen molar-refractivity contribution in [3.8, 4) is 0 Å². The van der Waals surface area contributed by atoms with Gasteiger partial charge in [-0.3, -0.25) is 4.79 Å². The molecule has 0 radical (unpaired) electrons. The molecule has 148 valence electrons. The zero-order valence-corrected chi connectivity index (χ0v) is 16.3. The van der Waals surface area contributed by atoms with Crippen molar-refractivity contribution >= 4 is 11.7 Å². The number of amides is 1. The first-order chi connectivity index (χ1) is 13.7. The summed E-state index contributed by atoms with van der Waals surface area (Å²) in [6.45, 7) is 3.35. The molecule has 1 N–H and O–H groups in total. The molecule has 2 aromatic rings. The molecule has 3 heterocycles. The van der Waals surface area contributed by atoms with Crippen molar-refractivity contribution in [2.24, 2.45) is 5.92 Å². The fourth-order valence-electron chi connectivity index (χ4n) is 4.42. The summed E-state index contributed by atoms with van der Waals surface area (Å²) in [5.41, 5.74) is 1.90. The highest BCUT2D eigenvalue weighted by Crippen LogP contribution is 2.28. The molecule has 1 aromatic heterocycles. The Labute approximate surface area is 167 Å². The van der Waals surface area contributed by atoms with Crippen LogP contribution in [0, 0.1) is 5.92 Å². The number of carbonyl (C=O) groups is 1. The van der Waals surface area contributed by atoms with Crippen molar-refractivity contribution < 1.29 is 9.90 Å². The number of piperidine rings is 1. The van der Waals surface area contributed by atoms with E-state index in [0.717, 1.165) is 57.7 Å².